The second kappa shape index (κ2) is 10.6. The van der Waals surface area contributed by atoms with Gasteiger partial charge in [0.15, 0.2) is 0 Å². The highest BCUT2D eigenvalue weighted by Gasteiger charge is 2.45. The topological polar surface area (TPSA) is 76.1 Å². The number of hydrogen-bond acceptors (Lipinski definition) is 5. The molecule has 0 aliphatic carbocycles. The standard InChI is InChI=1S/C24H26BrNO5/c1-3-4-14-31-19-11-7-16(8-12-19)21-20(22(27)17-5-9-18(25)10-6-17)23(28)24(29)26(21)13-15-30-2/h5-12,21,27H,3-4,13-15H2,1-2H3/b22-20-. The second-order valence-electron chi connectivity index (χ2n) is 7.26. The van der Waals surface area contributed by atoms with Gasteiger partial charge in [-0.15, -0.1) is 0 Å². The molecule has 7 heteroatoms. The number of methoxy groups -OCH3 is 1. The Morgan fingerprint density at radius 2 is 1.74 bits per heavy atom. The van der Waals surface area contributed by atoms with Gasteiger partial charge in [0.1, 0.15) is 11.5 Å². The van der Waals surface area contributed by atoms with Crippen molar-refractivity contribution in [3.8, 4) is 5.75 Å². The van der Waals surface area contributed by atoms with Crippen LogP contribution in [0.3, 0.4) is 0 Å². The monoisotopic (exact) mass is 487 g/mol. The molecule has 6 nitrogen and oxygen atoms in total. The predicted octanol–water partition coefficient (Wildman–Crippen LogP) is 4.70. The number of amides is 1. The van der Waals surface area contributed by atoms with E-state index in [0.29, 0.717) is 12.2 Å². The number of aliphatic hydroxyl groups is 1. The van der Waals surface area contributed by atoms with E-state index in [1.54, 1.807) is 24.3 Å². The molecule has 0 saturated carbocycles. The van der Waals surface area contributed by atoms with Gasteiger partial charge in [0.05, 0.1) is 24.8 Å². The summed E-state index contributed by atoms with van der Waals surface area (Å²) >= 11 is 3.36. The average Bonchev–Trinajstić information content (AvgIpc) is 3.03. The van der Waals surface area contributed by atoms with Crippen molar-refractivity contribution in [2.24, 2.45) is 0 Å². The number of nitrogens with zero attached hydrogens (tertiary/aromatic N) is 1. The molecular formula is C24H26BrNO5. The number of unbranched alkanes of at least 4 members (excludes halogenated alkanes) is 1. The number of halogens is 1. The van der Waals surface area contributed by atoms with Gasteiger partial charge < -0.3 is 19.5 Å². The van der Waals surface area contributed by atoms with Gasteiger partial charge in [-0.2, -0.15) is 0 Å². The third kappa shape index (κ3) is 5.17. The Bertz CT molecular complexity index is 953. The van der Waals surface area contributed by atoms with Crippen LogP contribution in [0.2, 0.25) is 0 Å². The first-order valence-electron chi connectivity index (χ1n) is 10.2. The van der Waals surface area contributed by atoms with Crippen molar-refractivity contribution >= 4 is 33.4 Å². The van der Waals surface area contributed by atoms with Gasteiger partial charge in [0.2, 0.25) is 0 Å². The Labute approximate surface area is 190 Å². The maximum absolute atomic E-state index is 12.9. The van der Waals surface area contributed by atoms with Crippen LogP contribution in [0.25, 0.3) is 5.76 Å². The van der Waals surface area contributed by atoms with Crippen LogP contribution in [0, 0.1) is 0 Å². The maximum atomic E-state index is 12.9. The molecule has 1 atom stereocenters. The highest BCUT2D eigenvalue weighted by Crippen LogP contribution is 2.39. The molecule has 0 bridgehead atoms. The van der Waals surface area contributed by atoms with E-state index in [4.69, 9.17) is 9.47 Å². The summed E-state index contributed by atoms with van der Waals surface area (Å²) in [7, 11) is 1.54. The molecule has 164 valence electrons. The van der Waals surface area contributed by atoms with E-state index >= 15 is 0 Å². The number of ether oxygens (including phenoxy) is 2. The van der Waals surface area contributed by atoms with Crippen molar-refractivity contribution in [1.82, 2.24) is 4.90 Å². The second-order valence-corrected chi connectivity index (χ2v) is 8.18. The van der Waals surface area contributed by atoms with E-state index in [0.717, 1.165) is 28.6 Å². The Balaban J connectivity index is 2.02. The van der Waals surface area contributed by atoms with Gasteiger partial charge in [-0.25, -0.2) is 0 Å². The molecular weight excluding hydrogens is 462 g/mol. The normalized spacial score (nSPS) is 17.9. The quantitative estimate of drug-likeness (QED) is 0.240. The van der Waals surface area contributed by atoms with Crippen molar-refractivity contribution in [3.05, 3.63) is 69.7 Å². The molecule has 1 unspecified atom stereocenters. The molecule has 1 aliphatic heterocycles. The van der Waals surface area contributed by atoms with Crippen LogP contribution < -0.4 is 4.74 Å². The highest BCUT2D eigenvalue weighted by molar-refractivity contribution is 9.10. The summed E-state index contributed by atoms with van der Waals surface area (Å²) in [5.74, 6) is -0.827. The van der Waals surface area contributed by atoms with Gasteiger partial charge in [-0.1, -0.05) is 53.5 Å². The molecule has 3 rings (SSSR count). The summed E-state index contributed by atoms with van der Waals surface area (Å²) in [5, 5.41) is 11.0. The van der Waals surface area contributed by atoms with Crippen molar-refractivity contribution in [1.29, 1.82) is 0 Å². The molecule has 0 radical (unpaired) electrons. The fourth-order valence-corrected chi connectivity index (χ4v) is 3.76. The zero-order valence-corrected chi connectivity index (χ0v) is 19.2. The van der Waals surface area contributed by atoms with Crippen molar-refractivity contribution < 1.29 is 24.2 Å². The molecule has 1 amide bonds. The smallest absolute Gasteiger partial charge is 0.295 e. The zero-order valence-electron chi connectivity index (χ0n) is 17.6. The van der Waals surface area contributed by atoms with E-state index in [1.807, 2.05) is 24.3 Å². The summed E-state index contributed by atoms with van der Waals surface area (Å²) in [5.41, 5.74) is 1.26. The van der Waals surface area contributed by atoms with Crippen LogP contribution in [0.1, 0.15) is 36.9 Å². The van der Waals surface area contributed by atoms with Crippen LogP contribution in [0.15, 0.2) is 58.6 Å². The predicted molar refractivity (Wildman–Crippen MR) is 122 cm³/mol. The summed E-state index contributed by atoms with van der Waals surface area (Å²) in [6.07, 6.45) is 2.01. The largest absolute Gasteiger partial charge is 0.507 e. The molecule has 1 saturated heterocycles. The SMILES string of the molecule is CCCCOc1ccc(C2/C(=C(/O)c3ccc(Br)cc3)C(=O)C(=O)N2CCOC)cc1. The highest BCUT2D eigenvalue weighted by atomic mass is 79.9. The fraction of sp³-hybridized carbons (Fsp3) is 0.333. The average molecular weight is 488 g/mol. The van der Waals surface area contributed by atoms with E-state index in [1.165, 1.54) is 12.0 Å². The van der Waals surface area contributed by atoms with Gasteiger partial charge >= 0.3 is 0 Å². The molecule has 1 N–H and O–H groups in total. The number of rotatable bonds is 9. The minimum atomic E-state index is -0.705. The van der Waals surface area contributed by atoms with E-state index in [-0.39, 0.29) is 24.5 Å². The van der Waals surface area contributed by atoms with Crippen LogP contribution >= 0.6 is 15.9 Å². The van der Waals surface area contributed by atoms with Crippen molar-refractivity contribution in [3.63, 3.8) is 0 Å². The summed E-state index contributed by atoms with van der Waals surface area (Å²) < 4.78 is 11.7. The van der Waals surface area contributed by atoms with Crippen LogP contribution in [-0.4, -0.2) is 48.6 Å². The number of aliphatic hydroxyl groups excluding tert-OH is 1. The first-order valence-corrected chi connectivity index (χ1v) is 11.0. The zero-order chi connectivity index (χ0) is 22.4. The minimum Gasteiger partial charge on any atom is -0.507 e. The van der Waals surface area contributed by atoms with Crippen LogP contribution in [0.5, 0.6) is 5.75 Å². The summed E-state index contributed by atoms with van der Waals surface area (Å²) in [6, 6.07) is 13.5. The number of benzene rings is 2. The van der Waals surface area contributed by atoms with Crippen molar-refractivity contribution in [2.45, 2.75) is 25.8 Å². The third-order valence-corrected chi connectivity index (χ3v) is 5.69. The van der Waals surface area contributed by atoms with E-state index < -0.39 is 17.7 Å². The van der Waals surface area contributed by atoms with Crippen LogP contribution in [0.4, 0.5) is 0 Å². The number of hydrogen-bond donors (Lipinski definition) is 1. The molecule has 0 aromatic heterocycles. The van der Waals surface area contributed by atoms with Gasteiger partial charge in [-0.3, -0.25) is 9.59 Å². The maximum Gasteiger partial charge on any atom is 0.295 e. The lowest BCUT2D eigenvalue weighted by atomic mass is 9.95. The first kappa shape index (κ1) is 23.0. The molecule has 1 heterocycles. The number of carbonyl (C=O) groups is 2. The molecule has 2 aromatic rings. The molecule has 0 spiro atoms. The summed E-state index contributed by atoms with van der Waals surface area (Å²) in [6.45, 7) is 3.24. The minimum absolute atomic E-state index is 0.0723. The van der Waals surface area contributed by atoms with Gasteiger partial charge in [-0.05, 0) is 36.2 Å². The molecule has 31 heavy (non-hydrogen) atoms. The Morgan fingerprint density at radius 1 is 1.06 bits per heavy atom. The fourth-order valence-electron chi connectivity index (χ4n) is 3.49. The number of Topliss-reactive ketones (excluding diaryl/α,β-unsaturated/α-hetero) is 1. The number of ketones is 1. The number of carbonyl (C=O) groups excluding carboxylic acids is 2. The Kier molecular flexibility index (Phi) is 7.87. The molecule has 2 aromatic carbocycles. The lowest BCUT2D eigenvalue weighted by molar-refractivity contribution is -0.140. The van der Waals surface area contributed by atoms with Gasteiger partial charge in [0, 0.05) is 23.7 Å². The first-order chi connectivity index (χ1) is 15.0. The van der Waals surface area contributed by atoms with Gasteiger partial charge in [0.25, 0.3) is 11.7 Å². The molecule has 1 fully saturated rings. The molecule has 1 aliphatic rings. The Morgan fingerprint density at radius 3 is 2.35 bits per heavy atom. The van der Waals surface area contributed by atoms with Crippen LogP contribution in [-0.2, 0) is 14.3 Å². The number of likely N-dealkylation sites (tertiary alicyclic amines) is 1. The Hall–Kier alpha value is -2.64. The van der Waals surface area contributed by atoms with E-state index in [9.17, 15) is 14.7 Å². The van der Waals surface area contributed by atoms with Crippen molar-refractivity contribution in [2.75, 3.05) is 26.9 Å². The summed E-state index contributed by atoms with van der Waals surface area (Å²) in [4.78, 5) is 27.1. The van der Waals surface area contributed by atoms with E-state index in [2.05, 4.69) is 22.9 Å². The lowest BCUT2D eigenvalue weighted by Gasteiger charge is -2.25. The third-order valence-electron chi connectivity index (χ3n) is 5.16. The lowest BCUT2D eigenvalue weighted by Crippen LogP contribution is -2.32.